The van der Waals surface area contributed by atoms with E-state index in [0.717, 1.165) is 10.9 Å². The third-order valence-electron chi connectivity index (χ3n) is 4.35. The van der Waals surface area contributed by atoms with E-state index in [2.05, 4.69) is 15.3 Å². The van der Waals surface area contributed by atoms with Gasteiger partial charge in [0, 0.05) is 24.7 Å². The molecule has 0 atom stereocenters. The smallest absolute Gasteiger partial charge is 0.273 e. The monoisotopic (exact) mass is 386 g/mol. The van der Waals surface area contributed by atoms with Crippen LogP contribution >= 0.6 is 0 Å². The molecule has 2 N–H and O–H groups in total. The summed E-state index contributed by atoms with van der Waals surface area (Å²) in [6.07, 6.45) is 1.33. The molecule has 0 spiro atoms. The Morgan fingerprint density at radius 3 is 2.74 bits per heavy atom. The fourth-order valence-electron chi connectivity index (χ4n) is 2.91. The van der Waals surface area contributed by atoms with Crippen LogP contribution in [0.5, 0.6) is 0 Å². The molecule has 0 unspecified atom stereocenters. The van der Waals surface area contributed by atoms with Gasteiger partial charge in [-0.2, -0.15) is 4.31 Å². The van der Waals surface area contributed by atoms with Gasteiger partial charge in [0.1, 0.15) is 16.4 Å². The Kier molecular flexibility index (Phi) is 4.65. The van der Waals surface area contributed by atoms with Crippen LogP contribution in [0, 0.1) is 0 Å². The number of carbonyl (C=O) groups excluding carboxylic acids is 1. The second kappa shape index (κ2) is 7.10. The lowest BCUT2D eigenvalue weighted by Gasteiger charge is -2.25. The van der Waals surface area contributed by atoms with Crippen molar-refractivity contribution in [1.29, 1.82) is 0 Å². The van der Waals surface area contributed by atoms with Crippen molar-refractivity contribution in [3.05, 3.63) is 54.4 Å². The van der Waals surface area contributed by atoms with Gasteiger partial charge in [0.2, 0.25) is 10.0 Å². The third kappa shape index (κ3) is 3.57. The lowest BCUT2D eigenvalue weighted by atomic mass is 10.2. The first-order valence-corrected chi connectivity index (χ1v) is 9.91. The van der Waals surface area contributed by atoms with Crippen molar-refractivity contribution in [2.45, 2.75) is 4.90 Å². The molecule has 1 aliphatic heterocycles. The fraction of sp³-hybridized carbons (Fsp3) is 0.222. The summed E-state index contributed by atoms with van der Waals surface area (Å²) >= 11 is 0. The number of para-hydroxylation sites is 1. The standard InChI is InChI=1S/C18H18N4O4S/c23-18(21-17-6-5-13-3-1-2-4-15(13)20-17)16-11-14(12-19-16)27(24,25)22-7-9-26-10-8-22/h1-6,11-12,19H,7-10H2,(H,20,21,23). The largest absolute Gasteiger partial charge is 0.379 e. The van der Waals surface area contributed by atoms with Gasteiger partial charge in [-0.15, -0.1) is 0 Å². The number of aromatic amines is 1. The predicted molar refractivity (Wildman–Crippen MR) is 100 cm³/mol. The van der Waals surface area contributed by atoms with Crippen LogP contribution in [0.2, 0.25) is 0 Å². The van der Waals surface area contributed by atoms with Gasteiger partial charge in [0.05, 0.1) is 18.7 Å². The van der Waals surface area contributed by atoms with E-state index in [1.165, 1.54) is 16.6 Å². The summed E-state index contributed by atoms with van der Waals surface area (Å²) in [5, 5.41) is 3.65. The molecule has 1 aliphatic rings. The summed E-state index contributed by atoms with van der Waals surface area (Å²) in [6, 6.07) is 12.5. The third-order valence-corrected chi connectivity index (χ3v) is 6.23. The Morgan fingerprint density at radius 2 is 1.93 bits per heavy atom. The maximum Gasteiger partial charge on any atom is 0.273 e. The number of rotatable bonds is 4. The Hall–Kier alpha value is -2.75. The zero-order valence-electron chi connectivity index (χ0n) is 14.4. The van der Waals surface area contributed by atoms with E-state index in [1.54, 1.807) is 6.07 Å². The number of sulfonamides is 1. The van der Waals surface area contributed by atoms with Crippen LogP contribution in [-0.4, -0.2) is 54.9 Å². The highest BCUT2D eigenvalue weighted by atomic mass is 32.2. The molecule has 1 saturated heterocycles. The van der Waals surface area contributed by atoms with Gasteiger partial charge in [-0.3, -0.25) is 4.79 Å². The molecule has 0 aliphatic carbocycles. The highest BCUT2D eigenvalue weighted by molar-refractivity contribution is 7.89. The summed E-state index contributed by atoms with van der Waals surface area (Å²) in [7, 11) is -3.65. The normalized spacial score (nSPS) is 15.7. The number of morpholine rings is 1. The summed E-state index contributed by atoms with van der Waals surface area (Å²) < 4.78 is 31.8. The minimum Gasteiger partial charge on any atom is -0.379 e. The Balaban J connectivity index is 1.52. The van der Waals surface area contributed by atoms with Crippen molar-refractivity contribution < 1.29 is 17.9 Å². The summed E-state index contributed by atoms with van der Waals surface area (Å²) in [4.78, 5) is 19.6. The van der Waals surface area contributed by atoms with Crippen LogP contribution in [-0.2, 0) is 14.8 Å². The molecule has 4 rings (SSSR count). The number of anilines is 1. The molecule has 140 valence electrons. The van der Waals surface area contributed by atoms with Crippen LogP contribution in [0.15, 0.2) is 53.6 Å². The number of amides is 1. The molecule has 0 radical (unpaired) electrons. The molecular formula is C18H18N4O4S. The zero-order chi connectivity index (χ0) is 18.9. The lowest BCUT2D eigenvalue weighted by Crippen LogP contribution is -2.40. The number of ether oxygens (including phenoxy) is 1. The van der Waals surface area contributed by atoms with Gasteiger partial charge in [-0.25, -0.2) is 13.4 Å². The Morgan fingerprint density at radius 1 is 1.15 bits per heavy atom. The maximum absolute atomic E-state index is 12.6. The van der Waals surface area contributed by atoms with Crippen LogP contribution < -0.4 is 5.32 Å². The van der Waals surface area contributed by atoms with Crippen molar-refractivity contribution >= 4 is 32.7 Å². The molecule has 3 aromatic rings. The average molecular weight is 386 g/mol. The number of H-pyrrole nitrogens is 1. The van der Waals surface area contributed by atoms with Gasteiger partial charge in [0.25, 0.3) is 5.91 Å². The molecule has 1 amide bonds. The Labute approximate surface area is 156 Å². The number of aromatic nitrogens is 2. The van der Waals surface area contributed by atoms with Gasteiger partial charge in [0.15, 0.2) is 0 Å². The summed E-state index contributed by atoms with van der Waals surface area (Å²) in [5.74, 6) is -0.0629. The minimum absolute atomic E-state index is 0.0565. The van der Waals surface area contributed by atoms with Crippen molar-refractivity contribution in [1.82, 2.24) is 14.3 Å². The first-order valence-electron chi connectivity index (χ1n) is 8.47. The van der Waals surface area contributed by atoms with E-state index >= 15 is 0 Å². The number of benzene rings is 1. The second-order valence-corrected chi connectivity index (χ2v) is 8.05. The number of hydrogen-bond acceptors (Lipinski definition) is 5. The lowest BCUT2D eigenvalue weighted by molar-refractivity contribution is 0.0730. The van der Waals surface area contributed by atoms with E-state index in [0.29, 0.717) is 32.1 Å². The molecule has 0 saturated carbocycles. The topological polar surface area (TPSA) is 104 Å². The molecule has 8 nitrogen and oxygen atoms in total. The molecule has 2 aromatic heterocycles. The van der Waals surface area contributed by atoms with Crippen molar-refractivity contribution in [2.24, 2.45) is 0 Å². The first kappa shape index (κ1) is 17.7. The molecule has 1 fully saturated rings. The van der Waals surface area contributed by atoms with Crippen molar-refractivity contribution in [2.75, 3.05) is 31.6 Å². The number of pyridine rings is 1. The molecule has 27 heavy (non-hydrogen) atoms. The SMILES string of the molecule is O=C(Nc1ccc2ccccc2n1)c1cc(S(=O)(=O)N2CCOCC2)c[nH]1. The number of hydrogen-bond donors (Lipinski definition) is 2. The van der Waals surface area contributed by atoms with Crippen molar-refractivity contribution in [3.8, 4) is 0 Å². The van der Waals surface area contributed by atoms with Crippen LogP contribution in [0.1, 0.15) is 10.5 Å². The molecular weight excluding hydrogens is 368 g/mol. The second-order valence-electron chi connectivity index (χ2n) is 6.11. The Bertz CT molecular complexity index is 1090. The van der Waals surface area contributed by atoms with Gasteiger partial charge in [-0.05, 0) is 24.3 Å². The highest BCUT2D eigenvalue weighted by Gasteiger charge is 2.28. The number of nitrogens with one attached hydrogen (secondary N) is 2. The van der Waals surface area contributed by atoms with E-state index in [4.69, 9.17) is 4.74 Å². The van der Waals surface area contributed by atoms with Crippen LogP contribution in [0.3, 0.4) is 0 Å². The fourth-order valence-corrected chi connectivity index (χ4v) is 4.31. The number of nitrogens with zero attached hydrogens (tertiary/aromatic N) is 2. The molecule has 9 heteroatoms. The first-order chi connectivity index (χ1) is 13.0. The summed E-state index contributed by atoms with van der Waals surface area (Å²) in [5.41, 5.74) is 0.911. The van der Waals surface area contributed by atoms with E-state index in [-0.39, 0.29) is 10.6 Å². The van der Waals surface area contributed by atoms with Crippen LogP contribution in [0.4, 0.5) is 5.82 Å². The number of carbonyl (C=O) groups is 1. The maximum atomic E-state index is 12.6. The average Bonchev–Trinajstić information content (AvgIpc) is 3.20. The van der Waals surface area contributed by atoms with E-state index in [9.17, 15) is 13.2 Å². The number of fused-ring (bicyclic) bond motifs is 1. The van der Waals surface area contributed by atoms with Gasteiger partial charge in [-0.1, -0.05) is 18.2 Å². The summed E-state index contributed by atoms with van der Waals surface area (Å²) in [6.45, 7) is 1.33. The predicted octanol–water partition coefficient (Wildman–Crippen LogP) is 1.84. The van der Waals surface area contributed by atoms with Gasteiger partial charge < -0.3 is 15.0 Å². The van der Waals surface area contributed by atoms with Gasteiger partial charge >= 0.3 is 0 Å². The minimum atomic E-state index is -3.65. The van der Waals surface area contributed by atoms with Crippen LogP contribution in [0.25, 0.3) is 10.9 Å². The molecule has 0 bridgehead atoms. The van der Waals surface area contributed by atoms with E-state index < -0.39 is 15.9 Å². The quantitative estimate of drug-likeness (QED) is 0.712. The van der Waals surface area contributed by atoms with E-state index in [1.807, 2.05) is 30.3 Å². The van der Waals surface area contributed by atoms with Crippen molar-refractivity contribution in [3.63, 3.8) is 0 Å². The molecule has 3 heterocycles. The zero-order valence-corrected chi connectivity index (χ0v) is 15.2. The molecule has 1 aromatic carbocycles. The highest BCUT2D eigenvalue weighted by Crippen LogP contribution is 2.19.